The van der Waals surface area contributed by atoms with E-state index >= 15 is 0 Å². The van der Waals surface area contributed by atoms with E-state index in [0.717, 1.165) is 43.5 Å². The summed E-state index contributed by atoms with van der Waals surface area (Å²) < 4.78 is 5.31. The van der Waals surface area contributed by atoms with Gasteiger partial charge in [-0.2, -0.15) is 4.98 Å². The zero-order valence-electron chi connectivity index (χ0n) is 11.3. The molecule has 2 aromatic rings. The first-order valence-electron chi connectivity index (χ1n) is 6.80. The number of nitrogens with zero attached hydrogens (tertiary/aromatic N) is 4. The van der Waals surface area contributed by atoms with Crippen molar-refractivity contribution in [3.63, 3.8) is 0 Å². The van der Waals surface area contributed by atoms with Gasteiger partial charge in [-0.05, 0) is 19.4 Å². The van der Waals surface area contributed by atoms with Crippen molar-refractivity contribution >= 4 is 0 Å². The first-order chi connectivity index (χ1) is 9.24. The summed E-state index contributed by atoms with van der Waals surface area (Å²) in [6, 6.07) is 0.251. The van der Waals surface area contributed by atoms with Crippen LogP contribution in [-0.2, 0) is 6.54 Å². The summed E-state index contributed by atoms with van der Waals surface area (Å²) in [5.41, 5.74) is 0. The predicted molar refractivity (Wildman–Crippen MR) is 69.4 cm³/mol. The van der Waals surface area contributed by atoms with Crippen molar-refractivity contribution in [1.82, 2.24) is 25.0 Å². The highest BCUT2D eigenvalue weighted by Gasteiger charge is 2.30. The number of H-pyrrole nitrogens is 1. The van der Waals surface area contributed by atoms with Crippen LogP contribution in [-0.4, -0.2) is 31.6 Å². The van der Waals surface area contributed by atoms with E-state index in [4.69, 9.17) is 4.52 Å². The summed E-state index contributed by atoms with van der Waals surface area (Å²) in [5.74, 6) is 2.80. The summed E-state index contributed by atoms with van der Waals surface area (Å²) >= 11 is 0. The number of aromatic amines is 1. The van der Waals surface area contributed by atoms with Gasteiger partial charge in [0.2, 0.25) is 5.89 Å². The molecule has 102 valence electrons. The molecule has 0 bridgehead atoms. The summed E-state index contributed by atoms with van der Waals surface area (Å²) in [4.78, 5) is 14.3. The Hall–Kier alpha value is -1.69. The lowest BCUT2D eigenvalue weighted by Crippen LogP contribution is -2.24. The van der Waals surface area contributed by atoms with Crippen molar-refractivity contribution < 1.29 is 4.52 Å². The zero-order valence-corrected chi connectivity index (χ0v) is 11.3. The summed E-state index contributed by atoms with van der Waals surface area (Å²) in [7, 11) is 0. The highest BCUT2D eigenvalue weighted by Crippen LogP contribution is 2.31. The molecule has 3 heterocycles. The Balaban J connectivity index is 1.74. The predicted octanol–water partition coefficient (Wildman–Crippen LogP) is 2.25. The van der Waals surface area contributed by atoms with Crippen molar-refractivity contribution in [2.45, 2.75) is 45.2 Å². The van der Waals surface area contributed by atoms with Gasteiger partial charge in [0.1, 0.15) is 5.82 Å². The number of hydrogen-bond donors (Lipinski definition) is 1. The lowest BCUT2D eigenvalue weighted by atomic mass is 10.2. The minimum Gasteiger partial charge on any atom is -0.348 e. The van der Waals surface area contributed by atoms with Crippen LogP contribution in [0.4, 0.5) is 0 Å². The first-order valence-corrected chi connectivity index (χ1v) is 6.80. The summed E-state index contributed by atoms with van der Waals surface area (Å²) in [6.45, 7) is 5.99. The number of aromatic nitrogens is 4. The first kappa shape index (κ1) is 12.3. The number of likely N-dealkylation sites (tertiary alicyclic amines) is 1. The van der Waals surface area contributed by atoms with E-state index in [1.54, 1.807) is 6.20 Å². The molecule has 0 radical (unpaired) electrons. The molecule has 0 aromatic carbocycles. The van der Waals surface area contributed by atoms with Gasteiger partial charge >= 0.3 is 0 Å². The second kappa shape index (κ2) is 5.13. The molecule has 0 saturated carbocycles. The van der Waals surface area contributed by atoms with Crippen molar-refractivity contribution in [1.29, 1.82) is 0 Å². The van der Waals surface area contributed by atoms with Crippen LogP contribution in [0, 0.1) is 0 Å². The summed E-state index contributed by atoms with van der Waals surface area (Å²) in [5, 5.41) is 4.14. The van der Waals surface area contributed by atoms with Gasteiger partial charge in [-0.25, -0.2) is 4.98 Å². The standard InChI is InChI=1S/C13H19N5O/c1-9(2)13-16-12(17-19-13)10-4-3-7-18(10)8-11-14-5-6-15-11/h5-6,9-10H,3-4,7-8H2,1-2H3,(H,14,15)/t10-/m0/s1. The Morgan fingerprint density at radius 1 is 1.53 bits per heavy atom. The molecule has 19 heavy (non-hydrogen) atoms. The molecule has 1 atom stereocenters. The Labute approximate surface area is 112 Å². The topological polar surface area (TPSA) is 70.8 Å². The van der Waals surface area contributed by atoms with E-state index < -0.39 is 0 Å². The van der Waals surface area contributed by atoms with E-state index in [9.17, 15) is 0 Å². The largest absolute Gasteiger partial charge is 0.348 e. The molecular weight excluding hydrogens is 242 g/mol. The molecule has 1 aliphatic heterocycles. The van der Waals surface area contributed by atoms with Gasteiger partial charge in [0.25, 0.3) is 0 Å². The Bertz CT molecular complexity index is 519. The van der Waals surface area contributed by atoms with Crippen LogP contribution in [0.1, 0.15) is 56.2 Å². The zero-order chi connectivity index (χ0) is 13.2. The van der Waals surface area contributed by atoms with Crippen LogP contribution < -0.4 is 0 Å². The van der Waals surface area contributed by atoms with E-state index in [0.29, 0.717) is 0 Å². The average molecular weight is 261 g/mol. The molecular formula is C13H19N5O. The molecule has 0 spiro atoms. The smallest absolute Gasteiger partial charge is 0.229 e. The molecule has 1 aliphatic rings. The number of rotatable bonds is 4. The Morgan fingerprint density at radius 3 is 3.11 bits per heavy atom. The monoisotopic (exact) mass is 261 g/mol. The van der Waals surface area contributed by atoms with Gasteiger partial charge in [-0.15, -0.1) is 0 Å². The third-order valence-electron chi connectivity index (χ3n) is 3.52. The average Bonchev–Trinajstić information content (AvgIpc) is 3.09. The van der Waals surface area contributed by atoms with Crippen LogP contribution in [0.3, 0.4) is 0 Å². The minimum atomic E-state index is 0.251. The third-order valence-corrected chi connectivity index (χ3v) is 3.52. The van der Waals surface area contributed by atoms with Crippen molar-refractivity contribution in [2.24, 2.45) is 0 Å². The number of hydrogen-bond acceptors (Lipinski definition) is 5. The number of imidazole rings is 1. The van der Waals surface area contributed by atoms with Gasteiger partial charge in [0.05, 0.1) is 12.6 Å². The van der Waals surface area contributed by atoms with Crippen LogP contribution in [0.15, 0.2) is 16.9 Å². The molecule has 1 fully saturated rings. The fourth-order valence-electron chi connectivity index (χ4n) is 2.50. The Morgan fingerprint density at radius 2 is 2.42 bits per heavy atom. The maximum atomic E-state index is 5.31. The number of nitrogens with one attached hydrogen (secondary N) is 1. The Kier molecular flexibility index (Phi) is 3.33. The lowest BCUT2D eigenvalue weighted by Gasteiger charge is -2.20. The van der Waals surface area contributed by atoms with E-state index in [1.807, 2.05) is 6.20 Å². The van der Waals surface area contributed by atoms with Crippen LogP contribution in [0.2, 0.25) is 0 Å². The maximum absolute atomic E-state index is 5.31. The minimum absolute atomic E-state index is 0.251. The third kappa shape index (κ3) is 2.53. The molecule has 6 heteroatoms. The van der Waals surface area contributed by atoms with Crippen LogP contribution in [0.25, 0.3) is 0 Å². The molecule has 0 unspecified atom stereocenters. The molecule has 3 rings (SSSR count). The lowest BCUT2D eigenvalue weighted by molar-refractivity contribution is 0.229. The van der Waals surface area contributed by atoms with Gasteiger partial charge in [0.15, 0.2) is 5.82 Å². The second-order valence-corrected chi connectivity index (χ2v) is 5.31. The molecule has 0 aliphatic carbocycles. The molecule has 0 amide bonds. The quantitative estimate of drug-likeness (QED) is 0.914. The van der Waals surface area contributed by atoms with E-state index in [1.165, 1.54) is 0 Å². The summed E-state index contributed by atoms with van der Waals surface area (Å²) in [6.07, 6.45) is 5.88. The van der Waals surface area contributed by atoms with Gasteiger partial charge in [0, 0.05) is 18.3 Å². The van der Waals surface area contributed by atoms with Crippen molar-refractivity contribution in [3.8, 4) is 0 Å². The van der Waals surface area contributed by atoms with Gasteiger partial charge in [-0.1, -0.05) is 19.0 Å². The highest BCUT2D eigenvalue weighted by atomic mass is 16.5. The molecule has 1 saturated heterocycles. The molecule has 6 nitrogen and oxygen atoms in total. The van der Waals surface area contributed by atoms with Gasteiger partial charge in [-0.3, -0.25) is 4.90 Å². The van der Waals surface area contributed by atoms with E-state index in [2.05, 4.69) is 38.9 Å². The molecule has 2 aromatic heterocycles. The fraction of sp³-hybridized carbons (Fsp3) is 0.615. The van der Waals surface area contributed by atoms with Gasteiger partial charge < -0.3 is 9.51 Å². The van der Waals surface area contributed by atoms with Crippen molar-refractivity contribution in [3.05, 3.63) is 29.9 Å². The maximum Gasteiger partial charge on any atom is 0.229 e. The SMILES string of the molecule is CC(C)c1nc([C@@H]2CCCN2Cc2ncc[nH]2)no1. The normalized spacial score (nSPS) is 20.5. The van der Waals surface area contributed by atoms with Crippen molar-refractivity contribution in [2.75, 3.05) is 6.54 Å². The molecule has 1 N–H and O–H groups in total. The van der Waals surface area contributed by atoms with Crippen LogP contribution >= 0.6 is 0 Å². The van der Waals surface area contributed by atoms with E-state index in [-0.39, 0.29) is 12.0 Å². The highest BCUT2D eigenvalue weighted by molar-refractivity contribution is 5.01. The van der Waals surface area contributed by atoms with Crippen LogP contribution in [0.5, 0.6) is 0 Å². The fourth-order valence-corrected chi connectivity index (χ4v) is 2.50. The second-order valence-electron chi connectivity index (χ2n) is 5.31.